The van der Waals surface area contributed by atoms with Crippen LogP contribution >= 0.6 is 0 Å². The number of aliphatic hydroxyl groups is 11. The minimum Gasteiger partial charge on any atom is -0.394 e. The van der Waals surface area contributed by atoms with Gasteiger partial charge in [-0.25, -0.2) is 0 Å². The van der Waals surface area contributed by atoms with Crippen LogP contribution in [0.2, 0.25) is 0 Å². The highest BCUT2D eigenvalue weighted by Gasteiger charge is 2.54. The maximum Gasteiger partial charge on any atom is 0.220 e. The third-order valence-corrected chi connectivity index (χ3v) is 22.0. The molecule has 1 amide bonds. The van der Waals surface area contributed by atoms with Crippen molar-refractivity contribution in [2.24, 2.45) is 0 Å². The number of hydrogen-bond acceptors (Lipinski definition) is 18. The van der Waals surface area contributed by atoms with Crippen molar-refractivity contribution in [1.82, 2.24) is 5.32 Å². The first kappa shape index (κ1) is 96.5. The third kappa shape index (κ3) is 44.9. The van der Waals surface area contributed by atoms with Crippen LogP contribution in [-0.2, 0) is 33.2 Å². The zero-order valence-electron chi connectivity index (χ0n) is 66.0. The number of unbranched alkanes of at least 4 members (excludes halogenated alkanes) is 51. The van der Waals surface area contributed by atoms with Gasteiger partial charge in [0.1, 0.15) is 73.2 Å². The number of carbonyl (C=O) groups is 1. The molecule has 17 atom stereocenters. The van der Waals surface area contributed by atoms with Crippen molar-refractivity contribution in [2.45, 2.75) is 484 Å². The zero-order valence-corrected chi connectivity index (χ0v) is 66.0. The Bertz CT molecular complexity index is 1970. The zero-order chi connectivity index (χ0) is 75.3. The molecule has 3 saturated heterocycles. The molecule has 0 aromatic carbocycles. The van der Waals surface area contributed by atoms with Crippen molar-refractivity contribution in [2.75, 3.05) is 26.4 Å². The van der Waals surface area contributed by atoms with Gasteiger partial charge in [-0.05, 0) is 44.9 Å². The second-order valence-corrected chi connectivity index (χ2v) is 31.4. The van der Waals surface area contributed by atoms with E-state index in [2.05, 4.69) is 43.5 Å². The van der Waals surface area contributed by atoms with Crippen LogP contribution in [0.25, 0.3) is 0 Å². The van der Waals surface area contributed by atoms with E-state index < -0.39 is 124 Å². The topological polar surface area (TPSA) is 307 Å². The Morgan fingerprint density at radius 3 is 0.981 bits per heavy atom. The number of hydrogen-bond donors (Lipinski definition) is 12. The summed E-state index contributed by atoms with van der Waals surface area (Å²) in [7, 11) is 0. The van der Waals surface area contributed by atoms with Gasteiger partial charge in [-0.1, -0.05) is 353 Å². The van der Waals surface area contributed by atoms with Crippen LogP contribution in [0.15, 0.2) is 24.3 Å². The van der Waals surface area contributed by atoms with Crippen molar-refractivity contribution in [3.63, 3.8) is 0 Å². The van der Waals surface area contributed by atoms with E-state index in [1.165, 1.54) is 295 Å². The fourth-order valence-electron chi connectivity index (χ4n) is 15.1. The molecule has 19 nitrogen and oxygen atoms in total. The minimum atomic E-state index is -1.97. The molecule has 0 aromatic rings. The quantitative estimate of drug-likeness (QED) is 0.0199. The number of allylic oxidation sites excluding steroid dienone is 4. The number of rotatable bonds is 71. The molecule has 12 N–H and O–H groups in total. The Labute approximate surface area is 632 Å². The summed E-state index contributed by atoms with van der Waals surface area (Å²) in [5.74, 6) is -0.234. The molecule has 0 bridgehead atoms. The van der Waals surface area contributed by atoms with Gasteiger partial charge >= 0.3 is 0 Å². The van der Waals surface area contributed by atoms with Crippen molar-refractivity contribution in [3.05, 3.63) is 24.3 Å². The molecule has 0 aliphatic carbocycles. The fraction of sp³-hybridized carbons (Fsp3) is 0.941. The largest absolute Gasteiger partial charge is 0.394 e. The molecule has 0 aromatic heterocycles. The lowest BCUT2D eigenvalue weighted by Crippen LogP contribution is -2.66. The normalized spacial score (nSPS) is 26.0. The third-order valence-electron chi connectivity index (χ3n) is 22.0. The molecule has 17 unspecified atom stereocenters. The standard InChI is InChI=1S/C85H161NO18/c1-3-5-7-9-11-13-15-17-19-21-23-25-27-29-31-32-33-34-35-36-37-39-41-43-45-47-49-51-53-55-57-59-61-63-73(91)86-68(69(90)62-60-58-56-54-52-50-48-46-44-42-40-38-30-28-26-24-22-20-18-16-14-12-10-8-6-4-2)67-99-83-79(97)76(94)81(71(65-88)101-83)104-85-80(98)77(95)82(72(66-89)102-85)103-84-78(96)75(93)74(92)70(64-87)100-84/h15,17,21,23,68-72,74-85,87-90,92-98H,3-14,16,18-20,22,24-67H2,1-2H3,(H,86,91)/b17-15-,23-21-. The highest BCUT2D eigenvalue weighted by molar-refractivity contribution is 5.76. The van der Waals surface area contributed by atoms with Crippen LogP contribution in [0.3, 0.4) is 0 Å². The molecular weight excluding hydrogens is 1320 g/mol. The average molecular weight is 1490 g/mol. The van der Waals surface area contributed by atoms with Gasteiger partial charge in [0.25, 0.3) is 0 Å². The van der Waals surface area contributed by atoms with E-state index in [1.807, 2.05) is 0 Å². The summed E-state index contributed by atoms with van der Waals surface area (Å²) in [5.41, 5.74) is 0. The molecule has 0 radical (unpaired) electrons. The number of nitrogens with one attached hydrogen (secondary N) is 1. The first-order chi connectivity index (χ1) is 50.8. The van der Waals surface area contributed by atoms with Crippen molar-refractivity contribution >= 4 is 5.91 Å². The summed E-state index contributed by atoms with van der Waals surface area (Å²) in [5, 5.41) is 121. The van der Waals surface area contributed by atoms with Gasteiger partial charge in [0.15, 0.2) is 18.9 Å². The van der Waals surface area contributed by atoms with Gasteiger partial charge < -0.3 is 89.9 Å². The second-order valence-electron chi connectivity index (χ2n) is 31.4. The summed E-state index contributed by atoms with van der Waals surface area (Å²) in [4.78, 5) is 13.5. The van der Waals surface area contributed by atoms with Crippen LogP contribution in [0.1, 0.15) is 380 Å². The van der Waals surface area contributed by atoms with Gasteiger partial charge in [0, 0.05) is 6.42 Å². The van der Waals surface area contributed by atoms with E-state index >= 15 is 0 Å². The average Bonchev–Trinajstić information content (AvgIpc) is 0.783. The number of ether oxygens (including phenoxy) is 6. The molecule has 104 heavy (non-hydrogen) atoms. The Kier molecular flexibility index (Phi) is 61.2. The molecule has 3 rings (SSSR count). The summed E-state index contributed by atoms with van der Waals surface area (Å²) >= 11 is 0. The fourth-order valence-corrected chi connectivity index (χ4v) is 15.1. The van der Waals surface area contributed by atoms with Crippen molar-refractivity contribution in [1.29, 1.82) is 0 Å². The van der Waals surface area contributed by atoms with E-state index in [0.29, 0.717) is 12.8 Å². The van der Waals surface area contributed by atoms with Gasteiger partial charge in [-0.2, -0.15) is 0 Å². The molecular formula is C85H161NO18. The smallest absolute Gasteiger partial charge is 0.220 e. The lowest BCUT2D eigenvalue weighted by Gasteiger charge is -2.48. The van der Waals surface area contributed by atoms with Gasteiger partial charge in [0.05, 0.1) is 38.6 Å². The van der Waals surface area contributed by atoms with Gasteiger partial charge in [0.2, 0.25) is 5.91 Å². The summed E-state index contributed by atoms with van der Waals surface area (Å²) < 4.78 is 34.6. The summed E-state index contributed by atoms with van der Waals surface area (Å²) in [6.07, 6.45) is 54.2. The van der Waals surface area contributed by atoms with E-state index in [-0.39, 0.29) is 18.9 Å². The van der Waals surface area contributed by atoms with E-state index in [1.54, 1.807) is 0 Å². The highest BCUT2D eigenvalue weighted by atomic mass is 16.8. The highest BCUT2D eigenvalue weighted by Crippen LogP contribution is 2.34. The first-order valence-electron chi connectivity index (χ1n) is 43.6. The molecule has 3 aliphatic heterocycles. The van der Waals surface area contributed by atoms with E-state index in [0.717, 1.165) is 51.4 Å². The first-order valence-corrected chi connectivity index (χ1v) is 43.6. The van der Waals surface area contributed by atoms with Crippen molar-refractivity contribution < 1.29 is 89.4 Å². The van der Waals surface area contributed by atoms with Crippen LogP contribution in [0.5, 0.6) is 0 Å². The van der Waals surface area contributed by atoms with Crippen LogP contribution in [0, 0.1) is 0 Å². The Morgan fingerprint density at radius 2 is 0.635 bits per heavy atom. The lowest BCUT2D eigenvalue weighted by molar-refractivity contribution is -0.379. The number of aliphatic hydroxyl groups excluding tert-OH is 11. The molecule has 3 aliphatic rings. The Morgan fingerprint density at radius 1 is 0.346 bits per heavy atom. The van der Waals surface area contributed by atoms with Crippen molar-refractivity contribution in [3.8, 4) is 0 Å². The second kappa shape index (κ2) is 65.9. The molecule has 19 heteroatoms. The maximum atomic E-state index is 13.5. The predicted octanol–water partition coefficient (Wildman–Crippen LogP) is 15.7. The van der Waals surface area contributed by atoms with E-state index in [9.17, 15) is 61.0 Å². The van der Waals surface area contributed by atoms with Gasteiger partial charge in [-0.15, -0.1) is 0 Å². The van der Waals surface area contributed by atoms with Gasteiger partial charge in [-0.3, -0.25) is 4.79 Å². The van der Waals surface area contributed by atoms with E-state index in [4.69, 9.17) is 28.4 Å². The molecule has 3 heterocycles. The maximum absolute atomic E-state index is 13.5. The SMILES string of the molecule is CCCCCCC/C=C\C/C=C\CCCCCCCCCCCCCCCCCCCCCCCC(=O)NC(COC1OC(CO)C(OC2OC(CO)C(OC3OC(CO)C(O)C(O)C3O)C(O)C2O)C(O)C1O)C(O)CCCCCCCCCCCCCCCCCCCCCCCCCCCC. The molecule has 614 valence electrons. The Balaban J connectivity index is 1.33. The Hall–Kier alpha value is -1.73. The van der Waals surface area contributed by atoms with Crippen LogP contribution in [-0.4, -0.2) is 193 Å². The monoisotopic (exact) mass is 1480 g/mol. The minimum absolute atomic E-state index is 0.234. The molecule has 0 spiro atoms. The number of amides is 1. The lowest BCUT2D eigenvalue weighted by atomic mass is 9.96. The summed E-state index contributed by atoms with van der Waals surface area (Å²) in [6.45, 7) is 1.86. The molecule has 0 saturated carbocycles. The predicted molar refractivity (Wildman–Crippen MR) is 416 cm³/mol. The number of carbonyl (C=O) groups excluding carboxylic acids is 1. The van der Waals surface area contributed by atoms with Crippen LogP contribution in [0.4, 0.5) is 0 Å². The molecule has 3 fully saturated rings. The summed E-state index contributed by atoms with van der Waals surface area (Å²) in [6, 6.07) is -0.886. The van der Waals surface area contributed by atoms with Crippen LogP contribution < -0.4 is 5.32 Å².